The molecule has 0 saturated carbocycles. The van der Waals surface area contributed by atoms with Gasteiger partial charge >= 0.3 is 0 Å². The molecule has 3 heterocycles. The lowest BCUT2D eigenvalue weighted by Gasteiger charge is -2.36. The molecule has 0 radical (unpaired) electrons. The summed E-state index contributed by atoms with van der Waals surface area (Å²) < 4.78 is 7.42. The zero-order valence-corrected chi connectivity index (χ0v) is 13.7. The fourth-order valence-electron chi connectivity index (χ4n) is 3.01. The highest BCUT2D eigenvalue weighted by atomic mass is 16.5. The van der Waals surface area contributed by atoms with Gasteiger partial charge in [-0.2, -0.15) is 5.10 Å². The highest BCUT2D eigenvalue weighted by Crippen LogP contribution is 2.23. The Balaban J connectivity index is 1.87. The monoisotopic (exact) mass is 301 g/mol. The van der Waals surface area contributed by atoms with Gasteiger partial charge in [0.05, 0.1) is 24.2 Å². The quantitative estimate of drug-likeness (QED) is 0.869. The van der Waals surface area contributed by atoms with Crippen LogP contribution in [-0.4, -0.2) is 46.1 Å². The van der Waals surface area contributed by atoms with Crippen LogP contribution >= 0.6 is 0 Å². The molecule has 0 bridgehead atoms. The SMILES string of the molecule is COC1CN(c2cncc(-n3nc(C)cc3C)n2)CCC1C. The number of hydrogen-bond acceptors (Lipinski definition) is 5. The van der Waals surface area contributed by atoms with Gasteiger partial charge in [0.1, 0.15) is 5.82 Å². The lowest BCUT2D eigenvalue weighted by Crippen LogP contribution is -2.44. The number of rotatable bonds is 3. The molecule has 1 aliphatic heterocycles. The fraction of sp³-hybridized carbons (Fsp3) is 0.562. The summed E-state index contributed by atoms with van der Waals surface area (Å²) in [7, 11) is 1.78. The molecule has 1 aliphatic rings. The molecule has 6 nitrogen and oxygen atoms in total. The van der Waals surface area contributed by atoms with Gasteiger partial charge in [-0.25, -0.2) is 9.67 Å². The second kappa shape index (κ2) is 6.04. The van der Waals surface area contributed by atoms with Crippen LogP contribution < -0.4 is 4.90 Å². The first kappa shape index (κ1) is 15.0. The van der Waals surface area contributed by atoms with Gasteiger partial charge in [-0.1, -0.05) is 6.92 Å². The first-order valence-corrected chi connectivity index (χ1v) is 7.72. The highest BCUT2D eigenvalue weighted by molar-refractivity contribution is 5.40. The van der Waals surface area contributed by atoms with E-state index in [2.05, 4.69) is 21.9 Å². The van der Waals surface area contributed by atoms with Crippen LogP contribution in [0.2, 0.25) is 0 Å². The number of aromatic nitrogens is 4. The molecule has 2 aromatic heterocycles. The predicted octanol–water partition coefficient (Wildman–Crippen LogP) is 2.14. The Morgan fingerprint density at radius 1 is 1.23 bits per heavy atom. The summed E-state index contributed by atoms with van der Waals surface area (Å²) in [6, 6.07) is 2.04. The molecular weight excluding hydrogens is 278 g/mol. The van der Waals surface area contributed by atoms with Crippen LogP contribution in [0.15, 0.2) is 18.5 Å². The number of anilines is 1. The standard InChI is InChI=1S/C16H23N5O/c1-11-5-6-20(10-14(11)22-4)15-8-17-9-16(18-15)21-13(3)7-12(2)19-21/h7-9,11,14H,5-6,10H2,1-4H3. The van der Waals surface area contributed by atoms with E-state index in [1.807, 2.05) is 30.8 Å². The first-order valence-electron chi connectivity index (χ1n) is 7.72. The molecule has 22 heavy (non-hydrogen) atoms. The molecule has 1 saturated heterocycles. The van der Waals surface area contributed by atoms with Crippen molar-refractivity contribution in [2.45, 2.75) is 33.3 Å². The van der Waals surface area contributed by atoms with Crippen molar-refractivity contribution < 1.29 is 4.74 Å². The van der Waals surface area contributed by atoms with Gasteiger partial charge < -0.3 is 9.64 Å². The van der Waals surface area contributed by atoms with Crippen molar-refractivity contribution in [3.8, 4) is 5.82 Å². The summed E-state index contributed by atoms with van der Waals surface area (Å²) in [5.41, 5.74) is 2.04. The van der Waals surface area contributed by atoms with Gasteiger partial charge in [0.25, 0.3) is 0 Å². The van der Waals surface area contributed by atoms with Crippen LogP contribution in [0.1, 0.15) is 24.7 Å². The van der Waals surface area contributed by atoms with Gasteiger partial charge in [0, 0.05) is 25.9 Å². The normalized spacial score (nSPS) is 22.1. The number of hydrogen-bond donors (Lipinski definition) is 0. The number of nitrogens with zero attached hydrogens (tertiary/aromatic N) is 5. The van der Waals surface area contributed by atoms with E-state index >= 15 is 0 Å². The molecule has 2 unspecified atom stereocenters. The summed E-state index contributed by atoms with van der Waals surface area (Å²) >= 11 is 0. The third-order valence-corrected chi connectivity index (χ3v) is 4.35. The Bertz CT molecular complexity index is 654. The van der Waals surface area contributed by atoms with Gasteiger partial charge in [0.15, 0.2) is 5.82 Å². The van der Waals surface area contributed by atoms with Crippen LogP contribution in [0.5, 0.6) is 0 Å². The van der Waals surface area contributed by atoms with Crippen LogP contribution in [0.4, 0.5) is 5.82 Å². The number of ether oxygens (including phenoxy) is 1. The lowest BCUT2D eigenvalue weighted by atomic mass is 9.96. The molecule has 0 N–H and O–H groups in total. The van der Waals surface area contributed by atoms with E-state index in [0.29, 0.717) is 5.92 Å². The second-order valence-corrected chi connectivity index (χ2v) is 6.06. The van der Waals surface area contributed by atoms with Gasteiger partial charge in [-0.3, -0.25) is 4.98 Å². The molecule has 0 aliphatic carbocycles. The van der Waals surface area contributed by atoms with E-state index in [9.17, 15) is 0 Å². The van der Waals surface area contributed by atoms with Crippen LogP contribution in [0.3, 0.4) is 0 Å². The van der Waals surface area contributed by atoms with Crippen molar-refractivity contribution in [1.29, 1.82) is 0 Å². The minimum absolute atomic E-state index is 0.243. The molecular formula is C16H23N5O. The minimum atomic E-state index is 0.243. The van der Waals surface area contributed by atoms with Crippen molar-refractivity contribution in [1.82, 2.24) is 19.7 Å². The molecule has 6 heteroatoms. The largest absolute Gasteiger partial charge is 0.379 e. The Morgan fingerprint density at radius 3 is 2.68 bits per heavy atom. The highest BCUT2D eigenvalue weighted by Gasteiger charge is 2.27. The van der Waals surface area contributed by atoms with Gasteiger partial charge in [0.2, 0.25) is 0 Å². The van der Waals surface area contributed by atoms with Crippen molar-refractivity contribution in [3.63, 3.8) is 0 Å². The smallest absolute Gasteiger partial charge is 0.174 e. The third-order valence-electron chi connectivity index (χ3n) is 4.35. The summed E-state index contributed by atoms with van der Waals surface area (Å²) in [6.45, 7) is 8.08. The van der Waals surface area contributed by atoms with E-state index in [1.165, 1.54) is 0 Å². The molecule has 2 atom stereocenters. The Labute approximate surface area is 131 Å². The molecule has 1 fully saturated rings. The van der Waals surface area contributed by atoms with E-state index in [-0.39, 0.29) is 6.10 Å². The molecule has 3 rings (SSSR count). The predicted molar refractivity (Wildman–Crippen MR) is 85.4 cm³/mol. The van der Waals surface area contributed by atoms with E-state index in [0.717, 1.165) is 42.5 Å². The summed E-state index contributed by atoms with van der Waals surface area (Å²) in [4.78, 5) is 11.3. The van der Waals surface area contributed by atoms with Gasteiger partial charge in [-0.15, -0.1) is 0 Å². The van der Waals surface area contributed by atoms with Crippen molar-refractivity contribution in [2.24, 2.45) is 5.92 Å². The Morgan fingerprint density at radius 2 is 2.00 bits per heavy atom. The molecule has 0 aromatic carbocycles. The molecule has 2 aromatic rings. The Kier molecular flexibility index (Phi) is 4.11. The number of aryl methyl sites for hydroxylation is 2. The van der Waals surface area contributed by atoms with E-state index in [4.69, 9.17) is 9.72 Å². The minimum Gasteiger partial charge on any atom is -0.379 e. The van der Waals surface area contributed by atoms with Crippen molar-refractivity contribution >= 4 is 5.82 Å². The zero-order valence-electron chi connectivity index (χ0n) is 13.7. The first-order chi connectivity index (χ1) is 10.6. The molecule has 0 amide bonds. The topological polar surface area (TPSA) is 56.1 Å². The summed E-state index contributed by atoms with van der Waals surface area (Å²) in [5.74, 6) is 2.23. The molecule has 0 spiro atoms. The number of methoxy groups -OCH3 is 1. The maximum atomic E-state index is 5.59. The van der Waals surface area contributed by atoms with Crippen molar-refractivity contribution in [3.05, 3.63) is 29.8 Å². The van der Waals surface area contributed by atoms with Crippen molar-refractivity contribution in [2.75, 3.05) is 25.1 Å². The summed E-state index contributed by atoms with van der Waals surface area (Å²) in [6.07, 6.45) is 4.92. The maximum Gasteiger partial charge on any atom is 0.174 e. The zero-order chi connectivity index (χ0) is 15.7. The average Bonchev–Trinajstić information content (AvgIpc) is 2.86. The van der Waals surface area contributed by atoms with Gasteiger partial charge in [-0.05, 0) is 32.3 Å². The van der Waals surface area contributed by atoms with Crippen LogP contribution in [0.25, 0.3) is 5.82 Å². The lowest BCUT2D eigenvalue weighted by molar-refractivity contribution is 0.0496. The van der Waals surface area contributed by atoms with E-state index < -0.39 is 0 Å². The summed E-state index contributed by atoms with van der Waals surface area (Å²) in [5, 5.41) is 4.48. The number of piperidine rings is 1. The van der Waals surface area contributed by atoms with Crippen LogP contribution in [0, 0.1) is 19.8 Å². The maximum absolute atomic E-state index is 5.59. The third kappa shape index (κ3) is 2.83. The molecule has 118 valence electrons. The average molecular weight is 301 g/mol. The van der Waals surface area contributed by atoms with E-state index in [1.54, 1.807) is 13.3 Å². The Hall–Kier alpha value is -1.95. The fourth-order valence-corrected chi connectivity index (χ4v) is 3.01. The second-order valence-electron chi connectivity index (χ2n) is 6.06. The van der Waals surface area contributed by atoms with Crippen LogP contribution in [-0.2, 0) is 4.74 Å².